The van der Waals surface area contributed by atoms with Crippen LogP contribution in [0.15, 0.2) is 50.5 Å². The summed E-state index contributed by atoms with van der Waals surface area (Å²) in [7, 11) is 1.53. The summed E-state index contributed by atoms with van der Waals surface area (Å²) in [5.74, 6) is -0.341. The molecule has 0 saturated heterocycles. The van der Waals surface area contributed by atoms with Crippen LogP contribution in [0.25, 0.3) is 16.7 Å². The molecule has 8 nitrogen and oxygen atoms in total. The lowest BCUT2D eigenvalue weighted by molar-refractivity contribution is 0.0963. The standard InChI is InChI=1S/C19H13BrN6O2/c1-10-6-11(9-21)7-12(18(27)22-2)16(10)24-19-13-8-15(20)25-26(13)17-14(28-19)4-3-5-23-17/h3-8H,1-2H3,(H,22,27). The highest BCUT2D eigenvalue weighted by Crippen LogP contribution is 2.26. The molecule has 0 fully saturated rings. The summed E-state index contributed by atoms with van der Waals surface area (Å²) in [5.41, 5.74) is 3.67. The summed E-state index contributed by atoms with van der Waals surface area (Å²) < 4.78 is 8.19. The number of nitriles is 1. The van der Waals surface area contributed by atoms with Crippen molar-refractivity contribution in [1.82, 2.24) is 19.9 Å². The normalized spacial score (nSPS) is 11.7. The predicted octanol–water partition coefficient (Wildman–Crippen LogP) is 3.01. The van der Waals surface area contributed by atoms with E-state index in [1.165, 1.54) is 13.1 Å². The van der Waals surface area contributed by atoms with E-state index in [1.54, 1.807) is 41.9 Å². The number of fused-ring (bicyclic) bond motifs is 3. The van der Waals surface area contributed by atoms with Crippen LogP contribution < -0.4 is 10.9 Å². The van der Waals surface area contributed by atoms with Crippen molar-refractivity contribution in [3.05, 3.63) is 63.4 Å². The molecule has 3 aromatic heterocycles. The fraction of sp³-hybridized carbons (Fsp3) is 0.105. The van der Waals surface area contributed by atoms with E-state index in [4.69, 9.17) is 4.42 Å². The van der Waals surface area contributed by atoms with Crippen LogP contribution in [0.4, 0.5) is 5.69 Å². The fourth-order valence-corrected chi connectivity index (χ4v) is 3.30. The van der Waals surface area contributed by atoms with E-state index < -0.39 is 0 Å². The Hall–Kier alpha value is -3.51. The van der Waals surface area contributed by atoms with Crippen molar-refractivity contribution in [2.75, 3.05) is 7.05 Å². The molecule has 0 aliphatic carbocycles. The van der Waals surface area contributed by atoms with Crippen molar-refractivity contribution in [1.29, 1.82) is 5.26 Å². The molecule has 28 heavy (non-hydrogen) atoms. The van der Waals surface area contributed by atoms with Crippen molar-refractivity contribution in [3.8, 4) is 6.07 Å². The first-order valence-electron chi connectivity index (χ1n) is 8.26. The van der Waals surface area contributed by atoms with Gasteiger partial charge in [0.25, 0.3) is 5.91 Å². The van der Waals surface area contributed by atoms with Gasteiger partial charge in [-0.05, 0) is 52.7 Å². The Morgan fingerprint density at radius 3 is 2.96 bits per heavy atom. The van der Waals surface area contributed by atoms with Crippen LogP contribution in [0.1, 0.15) is 21.5 Å². The molecule has 0 atom stereocenters. The number of aromatic nitrogens is 3. The second kappa shape index (κ2) is 6.90. The predicted molar refractivity (Wildman–Crippen MR) is 105 cm³/mol. The second-order valence-corrected chi connectivity index (χ2v) is 6.80. The monoisotopic (exact) mass is 436 g/mol. The maximum atomic E-state index is 12.4. The van der Waals surface area contributed by atoms with E-state index in [2.05, 4.69) is 42.4 Å². The molecule has 0 unspecified atom stereocenters. The zero-order chi connectivity index (χ0) is 19.8. The van der Waals surface area contributed by atoms with Gasteiger partial charge in [0.1, 0.15) is 10.1 Å². The van der Waals surface area contributed by atoms with Crippen molar-refractivity contribution in [3.63, 3.8) is 0 Å². The zero-order valence-corrected chi connectivity index (χ0v) is 16.5. The van der Waals surface area contributed by atoms with Crippen LogP contribution in [0.2, 0.25) is 0 Å². The van der Waals surface area contributed by atoms with Crippen LogP contribution >= 0.6 is 15.9 Å². The van der Waals surface area contributed by atoms with Gasteiger partial charge in [-0.2, -0.15) is 10.4 Å². The van der Waals surface area contributed by atoms with Gasteiger partial charge in [0, 0.05) is 19.3 Å². The molecule has 4 aromatic rings. The highest BCUT2D eigenvalue weighted by atomic mass is 79.9. The van der Waals surface area contributed by atoms with Gasteiger partial charge in [-0.25, -0.2) is 14.5 Å². The summed E-state index contributed by atoms with van der Waals surface area (Å²) in [6, 6.07) is 10.5. The van der Waals surface area contributed by atoms with Gasteiger partial charge in [-0.3, -0.25) is 4.79 Å². The molecule has 138 valence electrons. The number of rotatable bonds is 2. The van der Waals surface area contributed by atoms with Crippen LogP contribution in [0.3, 0.4) is 0 Å². The molecule has 3 heterocycles. The SMILES string of the molecule is CNC(=O)c1cc(C#N)cc(C)c1N=c1oc2cccnc2n2nc(Br)cc12. The second-order valence-electron chi connectivity index (χ2n) is 5.99. The average Bonchev–Trinajstić information content (AvgIpc) is 3.10. The Bertz CT molecular complexity index is 1360. The number of carbonyl (C=O) groups is 1. The van der Waals surface area contributed by atoms with Crippen molar-refractivity contribution >= 4 is 44.3 Å². The summed E-state index contributed by atoms with van der Waals surface area (Å²) in [4.78, 5) is 21.3. The molecule has 0 aliphatic heterocycles. The number of pyridine rings is 1. The van der Waals surface area contributed by atoms with Crippen LogP contribution in [0.5, 0.6) is 0 Å². The first kappa shape index (κ1) is 17.9. The molecular formula is C19H13BrN6O2. The lowest BCUT2D eigenvalue weighted by Crippen LogP contribution is -2.19. The van der Waals surface area contributed by atoms with Gasteiger partial charge >= 0.3 is 0 Å². The van der Waals surface area contributed by atoms with E-state index in [0.29, 0.717) is 38.2 Å². The van der Waals surface area contributed by atoms with Crippen molar-refractivity contribution in [2.24, 2.45) is 4.99 Å². The summed E-state index contributed by atoms with van der Waals surface area (Å²) >= 11 is 3.37. The minimum absolute atomic E-state index is 0.275. The van der Waals surface area contributed by atoms with Crippen molar-refractivity contribution in [2.45, 2.75) is 6.92 Å². The molecule has 0 spiro atoms. The summed E-state index contributed by atoms with van der Waals surface area (Å²) in [6.45, 7) is 1.79. The smallest absolute Gasteiger partial charge is 0.253 e. The van der Waals surface area contributed by atoms with Gasteiger partial charge in [-0.1, -0.05) is 0 Å². The minimum atomic E-state index is -0.341. The lowest BCUT2D eigenvalue weighted by Gasteiger charge is -2.08. The summed E-state index contributed by atoms with van der Waals surface area (Å²) in [6.07, 6.45) is 1.65. The molecule has 1 aromatic carbocycles. The molecule has 1 amide bonds. The molecule has 0 bridgehead atoms. The molecule has 0 aliphatic rings. The van der Waals surface area contributed by atoms with Gasteiger partial charge in [0.15, 0.2) is 11.2 Å². The Labute approximate surface area is 167 Å². The average molecular weight is 437 g/mol. The number of nitrogens with zero attached hydrogens (tertiary/aromatic N) is 5. The van der Waals surface area contributed by atoms with E-state index >= 15 is 0 Å². The van der Waals surface area contributed by atoms with Crippen LogP contribution in [-0.2, 0) is 0 Å². The van der Waals surface area contributed by atoms with Gasteiger partial charge in [0.2, 0.25) is 5.55 Å². The maximum absolute atomic E-state index is 12.4. The Morgan fingerprint density at radius 1 is 1.39 bits per heavy atom. The van der Waals surface area contributed by atoms with Crippen molar-refractivity contribution < 1.29 is 9.21 Å². The topological polar surface area (TPSA) is 109 Å². The Kier molecular flexibility index (Phi) is 4.41. The number of hydrogen-bond donors (Lipinski definition) is 1. The Balaban J connectivity index is 2.11. The Morgan fingerprint density at radius 2 is 2.21 bits per heavy atom. The number of hydrogen-bond acceptors (Lipinski definition) is 6. The van der Waals surface area contributed by atoms with E-state index in [9.17, 15) is 10.1 Å². The first-order chi connectivity index (χ1) is 13.5. The lowest BCUT2D eigenvalue weighted by atomic mass is 10.0. The molecule has 0 radical (unpaired) electrons. The number of aryl methyl sites for hydroxylation is 1. The number of halogens is 1. The first-order valence-corrected chi connectivity index (χ1v) is 9.06. The number of carbonyl (C=O) groups excluding carboxylic acids is 1. The molecule has 0 saturated carbocycles. The molecule has 4 rings (SSSR count). The largest absolute Gasteiger partial charge is 0.433 e. The quantitative estimate of drug-likeness (QED) is 0.519. The number of amides is 1. The third-order valence-corrected chi connectivity index (χ3v) is 4.56. The van der Waals surface area contributed by atoms with E-state index in [0.717, 1.165) is 0 Å². The van der Waals surface area contributed by atoms with Gasteiger partial charge in [-0.15, -0.1) is 0 Å². The zero-order valence-electron chi connectivity index (χ0n) is 14.9. The van der Waals surface area contributed by atoms with Gasteiger partial charge < -0.3 is 9.73 Å². The van der Waals surface area contributed by atoms with Crippen LogP contribution in [0, 0.1) is 18.3 Å². The molecule has 1 N–H and O–H groups in total. The highest BCUT2D eigenvalue weighted by molar-refractivity contribution is 9.10. The summed E-state index contributed by atoms with van der Waals surface area (Å²) in [5, 5.41) is 16.2. The minimum Gasteiger partial charge on any atom is -0.433 e. The van der Waals surface area contributed by atoms with E-state index in [1.807, 2.05) is 0 Å². The highest BCUT2D eigenvalue weighted by Gasteiger charge is 2.16. The van der Waals surface area contributed by atoms with E-state index in [-0.39, 0.29) is 17.0 Å². The number of nitrogens with one attached hydrogen (secondary N) is 1. The number of benzene rings is 1. The van der Waals surface area contributed by atoms with Gasteiger partial charge in [0.05, 0.1) is 22.9 Å². The van der Waals surface area contributed by atoms with Crippen LogP contribution in [-0.4, -0.2) is 27.6 Å². The molecular weight excluding hydrogens is 424 g/mol. The molecule has 9 heteroatoms. The third kappa shape index (κ3) is 2.93. The fourth-order valence-electron chi connectivity index (χ4n) is 2.93. The third-order valence-electron chi connectivity index (χ3n) is 4.17. The maximum Gasteiger partial charge on any atom is 0.253 e.